The smallest absolute Gasteiger partial charge is 0.178 e. The van der Waals surface area contributed by atoms with E-state index in [1.807, 2.05) is 30.3 Å². The molecule has 0 amide bonds. The first kappa shape index (κ1) is 19.7. The molecular formula is C27H30O3. The van der Waals surface area contributed by atoms with Crippen LogP contribution in [0.4, 0.5) is 0 Å². The average molecular weight is 403 g/mol. The molecule has 7 atom stereocenters. The fourth-order valence-electron chi connectivity index (χ4n) is 7.06. The maximum atomic E-state index is 13.7. The van der Waals surface area contributed by atoms with Crippen molar-refractivity contribution in [2.24, 2.45) is 28.6 Å². The molecule has 4 aliphatic carbocycles. The van der Waals surface area contributed by atoms with E-state index in [4.69, 9.17) is 0 Å². The number of rotatable bonds is 1. The van der Waals surface area contributed by atoms with E-state index in [0.29, 0.717) is 5.92 Å². The highest BCUT2D eigenvalue weighted by molar-refractivity contribution is 6.01. The van der Waals surface area contributed by atoms with Crippen LogP contribution >= 0.6 is 0 Å². The van der Waals surface area contributed by atoms with E-state index in [0.717, 1.165) is 30.4 Å². The highest BCUT2D eigenvalue weighted by atomic mass is 16.3. The Balaban J connectivity index is 1.59. The van der Waals surface area contributed by atoms with Gasteiger partial charge in [-0.3, -0.25) is 9.59 Å². The van der Waals surface area contributed by atoms with Crippen LogP contribution in [0.15, 0.2) is 66.3 Å². The number of ketones is 2. The Labute approximate surface area is 178 Å². The minimum absolute atomic E-state index is 0.00666. The van der Waals surface area contributed by atoms with Crippen LogP contribution in [0.5, 0.6) is 0 Å². The Morgan fingerprint density at radius 3 is 2.47 bits per heavy atom. The molecule has 4 aliphatic rings. The van der Waals surface area contributed by atoms with Gasteiger partial charge in [0.05, 0.1) is 0 Å². The zero-order valence-electron chi connectivity index (χ0n) is 18.0. The summed E-state index contributed by atoms with van der Waals surface area (Å²) >= 11 is 0. The first-order chi connectivity index (χ1) is 14.2. The molecule has 30 heavy (non-hydrogen) atoms. The van der Waals surface area contributed by atoms with Crippen LogP contribution in [0.2, 0.25) is 0 Å². The van der Waals surface area contributed by atoms with Gasteiger partial charge in [-0.1, -0.05) is 62.4 Å². The summed E-state index contributed by atoms with van der Waals surface area (Å²) < 4.78 is 0. The van der Waals surface area contributed by atoms with Crippen LogP contribution < -0.4 is 0 Å². The third-order valence-electron chi connectivity index (χ3n) is 8.85. The van der Waals surface area contributed by atoms with Crippen LogP contribution in [-0.2, 0) is 9.59 Å². The first-order valence-electron chi connectivity index (χ1n) is 11.1. The van der Waals surface area contributed by atoms with Crippen molar-refractivity contribution in [2.75, 3.05) is 0 Å². The van der Waals surface area contributed by atoms with Gasteiger partial charge in [0.2, 0.25) is 0 Å². The number of benzene rings is 1. The highest BCUT2D eigenvalue weighted by Gasteiger charge is 2.63. The Hall–Kier alpha value is -2.26. The number of hydrogen-bond acceptors (Lipinski definition) is 3. The van der Waals surface area contributed by atoms with E-state index in [1.54, 1.807) is 19.1 Å². The van der Waals surface area contributed by atoms with Crippen molar-refractivity contribution in [2.45, 2.75) is 51.6 Å². The van der Waals surface area contributed by atoms with E-state index < -0.39 is 11.0 Å². The molecule has 3 nitrogen and oxygen atoms in total. The van der Waals surface area contributed by atoms with E-state index >= 15 is 0 Å². The standard InChI is InChI=1S/C27H30O3/c1-25-13-11-19(28)15-18(25)9-10-20-21(25)12-14-26(2)23(20)16-22(27(3,30)24(26)29)17-7-5-4-6-8-17/h4-11,13,15,20-23,30H,12,14,16H2,1-3H3/t20-,21+,22-,23+,25+,26+,27?/m1/s1. The predicted octanol–water partition coefficient (Wildman–Crippen LogP) is 4.78. The Morgan fingerprint density at radius 1 is 1.00 bits per heavy atom. The SMILES string of the molecule is CC1(O)C(=O)[C@@]2(C)CC[C@H]3[C@@H](C=CC4=CC(=O)C=C[C@@]43C)[C@@H]2C[C@@H]1c1ccccc1. The van der Waals surface area contributed by atoms with Gasteiger partial charge in [0.15, 0.2) is 11.6 Å². The summed E-state index contributed by atoms with van der Waals surface area (Å²) in [5.41, 5.74) is 0.0824. The van der Waals surface area contributed by atoms with Gasteiger partial charge in [-0.25, -0.2) is 0 Å². The molecule has 0 aromatic heterocycles. The molecule has 0 spiro atoms. The maximum Gasteiger partial charge on any atom is 0.178 e. The van der Waals surface area contributed by atoms with Crippen LogP contribution in [0.25, 0.3) is 0 Å². The molecule has 5 rings (SSSR count). The predicted molar refractivity (Wildman–Crippen MR) is 117 cm³/mol. The lowest BCUT2D eigenvalue weighted by Crippen LogP contribution is -2.62. The second-order valence-electron chi connectivity index (χ2n) is 10.4. The molecule has 0 aliphatic heterocycles. The molecule has 1 aromatic rings. The molecule has 156 valence electrons. The summed E-state index contributed by atoms with van der Waals surface area (Å²) in [5.74, 6) is 0.644. The van der Waals surface area contributed by atoms with Gasteiger partial charge in [-0.2, -0.15) is 0 Å². The van der Waals surface area contributed by atoms with Gasteiger partial charge in [-0.05, 0) is 67.2 Å². The van der Waals surface area contributed by atoms with E-state index in [2.05, 4.69) is 32.1 Å². The molecule has 0 radical (unpaired) electrons. The van der Waals surface area contributed by atoms with Crippen molar-refractivity contribution in [1.29, 1.82) is 0 Å². The van der Waals surface area contributed by atoms with Crippen molar-refractivity contribution in [3.05, 3.63) is 71.8 Å². The number of aliphatic hydroxyl groups is 1. The summed E-state index contributed by atoms with van der Waals surface area (Å²) in [6.45, 7) is 6.03. The quantitative estimate of drug-likeness (QED) is 0.735. The van der Waals surface area contributed by atoms with Crippen LogP contribution in [0.1, 0.15) is 51.5 Å². The fraction of sp³-hybridized carbons (Fsp3) is 0.481. The highest BCUT2D eigenvalue weighted by Crippen LogP contribution is 2.63. The minimum atomic E-state index is -1.36. The van der Waals surface area contributed by atoms with Crippen LogP contribution in [-0.4, -0.2) is 22.3 Å². The monoisotopic (exact) mass is 402 g/mol. The van der Waals surface area contributed by atoms with Gasteiger partial charge >= 0.3 is 0 Å². The fourth-order valence-corrected chi connectivity index (χ4v) is 7.06. The summed E-state index contributed by atoms with van der Waals surface area (Å²) in [5, 5.41) is 11.4. The Bertz CT molecular complexity index is 998. The van der Waals surface area contributed by atoms with Crippen LogP contribution in [0.3, 0.4) is 0 Å². The second-order valence-corrected chi connectivity index (χ2v) is 10.4. The van der Waals surface area contributed by atoms with E-state index in [1.165, 1.54) is 0 Å². The van der Waals surface area contributed by atoms with Crippen molar-refractivity contribution >= 4 is 11.6 Å². The molecule has 0 bridgehead atoms. The lowest BCUT2D eigenvalue weighted by molar-refractivity contribution is -0.168. The van der Waals surface area contributed by atoms with Gasteiger partial charge in [0, 0.05) is 16.7 Å². The van der Waals surface area contributed by atoms with Gasteiger partial charge in [0.1, 0.15) is 5.60 Å². The van der Waals surface area contributed by atoms with Gasteiger partial charge < -0.3 is 5.11 Å². The normalized spacial score (nSPS) is 44.7. The Morgan fingerprint density at radius 2 is 1.73 bits per heavy atom. The third-order valence-corrected chi connectivity index (χ3v) is 8.85. The molecule has 3 heteroatoms. The lowest BCUT2D eigenvalue weighted by Gasteiger charge is -2.59. The van der Waals surface area contributed by atoms with Crippen molar-refractivity contribution in [3.8, 4) is 0 Å². The number of hydrogen-bond donors (Lipinski definition) is 1. The molecule has 1 aromatic carbocycles. The van der Waals surface area contributed by atoms with E-state index in [-0.39, 0.29) is 34.7 Å². The summed E-state index contributed by atoms with van der Waals surface area (Å²) in [4.78, 5) is 25.7. The van der Waals surface area contributed by atoms with Crippen molar-refractivity contribution in [1.82, 2.24) is 0 Å². The average Bonchev–Trinajstić information content (AvgIpc) is 2.72. The lowest BCUT2D eigenvalue weighted by atomic mass is 9.44. The number of allylic oxidation sites excluding steroid dienone is 6. The first-order valence-corrected chi connectivity index (χ1v) is 11.1. The van der Waals surface area contributed by atoms with Crippen LogP contribution in [0, 0.1) is 28.6 Å². The van der Waals surface area contributed by atoms with Crippen molar-refractivity contribution in [3.63, 3.8) is 0 Å². The number of carbonyl (C=O) groups excluding carboxylic acids is 2. The molecular weight excluding hydrogens is 372 g/mol. The molecule has 2 fully saturated rings. The number of fused-ring (bicyclic) bond motifs is 5. The molecule has 2 saturated carbocycles. The third kappa shape index (κ3) is 2.54. The van der Waals surface area contributed by atoms with Gasteiger partial charge in [-0.15, -0.1) is 0 Å². The minimum Gasteiger partial charge on any atom is -0.382 e. The second kappa shape index (κ2) is 6.37. The zero-order valence-corrected chi connectivity index (χ0v) is 18.0. The molecule has 1 N–H and O–H groups in total. The maximum absolute atomic E-state index is 13.7. The van der Waals surface area contributed by atoms with Crippen molar-refractivity contribution < 1.29 is 14.7 Å². The largest absolute Gasteiger partial charge is 0.382 e. The molecule has 0 heterocycles. The number of Topliss-reactive ketones (excluding diaryl/α,β-unsaturated/α-hetero) is 1. The summed E-state index contributed by atoms with van der Waals surface area (Å²) in [6, 6.07) is 10.00. The summed E-state index contributed by atoms with van der Waals surface area (Å²) in [7, 11) is 0. The molecule has 0 saturated heterocycles. The zero-order chi connectivity index (χ0) is 21.3. The summed E-state index contributed by atoms with van der Waals surface area (Å²) in [6.07, 6.45) is 12.4. The van der Waals surface area contributed by atoms with E-state index in [9.17, 15) is 14.7 Å². The number of carbonyl (C=O) groups is 2. The topological polar surface area (TPSA) is 54.4 Å². The Kier molecular flexibility index (Phi) is 4.18. The van der Waals surface area contributed by atoms with Gasteiger partial charge in [0.25, 0.3) is 0 Å². The molecule has 1 unspecified atom stereocenters.